The highest BCUT2D eigenvalue weighted by molar-refractivity contribution is 5.99. The summed E-state index contributed by atoms with van der Waals surface area (Å²) in [6, 6.07) is 7.74. The van der Waals surface area contributed by atoms with Gasteiger partial charge in [0.2, 0.25) is 0 Å². The molecule has 0 aliphatic carbocycles. The van der Waals surface area contributed by atoms with Gasteiger partial charge in [-0.1, -0.05) is 29.8 Å². The zero-order valence-electron chi connectivity index (χ0n) is 10.5. The zero-order chi connectivity index (χ0) is 12.3. The molecule has 0 spiro atoms. The lowest BCUT2D eigenvalue weighted by atomic mass is 10.0. The molecule has 1 unspecified atom stereocenters. The molecule has 1 atom stereocenters. The van der Waals surface area contributed by atoms with Gasteiger partial charge in [-0.25, -0.2) is 0 Å². The van der Waals surface area contributed by atoms with Crippen molar-refractivity contribution < 1.29 is 9.53 Å². The number of ketones is 1. The molecule has 1 aliphatic rings. The molecule has 1 aromatic rings. The lowest BCUT2D eigenvalue weighted by Gasteiger charge is -2.31. The van der Waals surface area contributed by atoms with Gasteiger partial charge in [-0.05, 0) is 13.8 Å². The van der Waals surface area contributed by atoms with Crippen LogP contribution in [0.5, 0.6) is 0 Å². The molecule has 3 nitrogen and oxygen atoms in total. The van der Waals surface area contributed by atoms with Gasteiger partial charge in [0.05, 0.1) is 19.3 Å². The molecule has 0 bridgehead atoms. The molecule has 3 heteroatoms. The van der Waals surface area contributed by atoms with Crippen LogP contribution in [-0.2, 0) is 4.74 Å². The molecule has 0 radical (unpaired) electrons. The predicted molar refractivity (Wildman–Crippen MR) is 67.4 cm³/mol. The fourth-order valence-corrected chi connectivity index (χ4v) is 2.09. The van der Waals surface area contributed by atoms with E-state index in [1.54, 1.807) is 0 Å². The van der Waals surface area contributed by atoms with E-state index in [2.05, 4.69) is 4.90 Å². The maximum Gasteiger partial charge on any atom is 0.179 e. The van der Waals surface area contributed by atoms with Crippen molar-refractivity contribution in [1.29, 1.82) is 0 Å². The van der Waals surface area contributed by atoms with Crippen LogP contribution >= 0.6 is 0 Å². The highest BCUT2D eigenvalue weighted by atomic mass is 16.5. The topological polar surface area (TPSA) is 29.5 Å². The van der Waals surface area contributed by atoms with E-state index in [9.17, 15) is 4.79 Å². The Bertz CT molecular complexity index is 380. The first-order valence-corrected chi connectivity index (χ1v) is 6.11. The Morgan fingerprint density at radius 1 is 1.24 bits per heavy atom. The molecule has 1 aliphatic heterocycles. The Labute approximate surface area is 102 Å². The quantitative estimate of drug-likeness (QED) is 0.747. The van der Waals surface area contributed by atoms with Crippen molar-refractivity contribution in [2.45, 2.75) is 19.9 Å². The van der Waals surface area contributed by atoms with Crippen LogP contribution in [0.25, 0.3) is 0 Å². The molecule has 0 saturated carbocycles. The molecule has 0 N–H and O–H groups in total. The highest BCUT2D eigenvalue weighted by Gasteiger charge is 2.23. The molecule has 1 fully saturated rings. The lowest BCUT2D eigenvalue weighted by Crippen LogP contribution is -2.45. The van der Waals surface area contributed by atoms with Crippen molar-refractivity contribution >= 4 is 5.78 Å². The molecular weight excluding hydrogens is 214 g/mol. The highest BCUT2D eigenvalue weighted by Crippen LogP contribution is 2.11. The summed E-state index contributed by atoms with van der Waals surface area (Å²) in [5.41, 5.74) is 1.98. The molecule has 92 valence electrons. The van der Waals surface area contributed by atoms with Crippen molar-refractivity contribution in [1.82, 2.24) is 4.90 Å². The second-order valence-electron chi connectivity index (χ2n) is 4.55. The van der Waals surface area contributed by atoms with Crippen LogP contribution < -0.4 is 0 Å². The third kappa shape index (κ3) is 2.93. The first-order valence-electron chi connectivity index (χ1n) is 6.11. The van der Waals surface area contributed by atoms with E-state index >= 15 is 0 Å². The smallest absolute Gasteiger partial charge is 0.179 e. The van der Waals surface area contributed by atoms with Crippen LogP contribution in [0.1, 0.15) is 22.8 Å². The summed E-state index contributed by atoms with van der Waals surface area (Å²) in [4.78, 5) is 14.5. The normalized spacial score (nSPS) is 18.9. The maximum atomic E-state index is 12.3. The summed E-state index contributed by atoms with van der Waals surface area (Å²) in [6.45, 7) is 7.15. The Balaban J connectivity index is 2.05. The van der Waals surface area contributed by atoms with E-state index in [1.165, 1.54) is 5.56 Å². The number of hydrogen-bond acceptors (Lipinski definition) is 3. The van der Waals surface area contributed by atoms with Gasteiger partial charge in [0, 0.05) is 18.7 Å². The average molecular weight is 233 g/mol. The number of ether oxygens (including phenoxy) is 1. The number of hydrogen-bond donors (Lipinski definition) is 0. The third-order valence-electron chi connectivity index (χ3n) is 3.31. The minimum Gasteiger partial charge on any atom is -0.379 e. The zero-order valence-corrected chi connectivity index (χ0v) is 10.5. The maximum absolute atomic E-state index is 12.3. The number of aryl methyl sites for hydroxylation is 1. The van der Waals surface area contributed by atoms with E-state index < -0.39 is 0 Å². The SMILES string of the molecule is Cc1ccc(C(=O)C(C)N2CCOCC2)cc1. The fourth-order valence-electron chi connectivity index (χ4n) is 2.09. The summed E-state index contributed by atoms with van der Waals surface area (Å²) in [7, 11) is 0. The summed E-state index contributed by atoms with van der Waals surface area (Å²) < 4.78 is 5.30. The molecular formula is C14H19NO2. The van der Waals surface area contributed by atoms with Crippen molar-refractivity contribution in [3.63, 3.8) is 0 Å². The average Bonchev–Trinajstić information content (AvgIpc) is 2.39. The number of nitrogens with zero attached hydrogens (tertiary/aromatic N) is 1. The van der Waals surface area contributed by atoms with Crippen LogP contribution in [0.3, 0.4) is 0 Å². The summed E-state index contributed by atoms with van der Waals surface area (Å²) in [5.74, 6) is 0.201. The number of carbonyl (C=O) groups excluding carboxylic acids is 1. The van der Waals surface area contributed by atoms with Crippen LogP contribution in [-0.4, -0.2) is 43.0 Å². The van der Waals surface area contributed by atoms with Gasteiger partial charge >= 0.3 is 0 Å². The van der Waals surface area contributed by atoms with E-state index in [4.69, 9.17) is 4.74 Å². The minimum absolute atomic E-state index is 0.0541. The van der Waals surface area contributed by atoms with Crippen molar-refractivity contribution in [3.05, 3.63) is 35.4 Å². The third-order valence-corrected chi connectivity index (χ3v) is 3.31. The number of rotatable bonds is 3. The number of carbonyl (C=O) groups is 1. The van der Waals surface area contributed by atoms with Gasteiger partial charge in [0.1, 0.15) is 0 Å². The molecule has 1 aromatic carbocycles. The lowest BCUT2D eigenvalue weighted by molar-refractivity contribution is 0.0208. The van der Waals surface area contributed by atoms with E-state index in [1.807, 2.05) is 38.1 Å². The van der Waals surface area contributed by atoms with Gasteiger partial charge in [0.15, 0.2) is 5.78 Å². The molecule has 17 heavy (non-hydrogen) atoms. The molecule has 2 rings (SSSR count). The Morgan fingerprint density at radius 3 is 2.41 bits per heavy atom. The number of morpholine rings is 1. The molecule has 0 amide bonds. The van der Waals surface area contributed by atoms with Gasteiger partial charge in [-0.3, -0.25) is 9.69 Å². The van der Waals surface area contributed by atoms with E-state index in [0.29, 0.717) is 0 Å². The minimum atomic E-state index is -0.0541. The second-order valence-corrected chi connectivity index (χ2v) is 4.55. The second kappa shape index (κ2) is 5.43. The number of Topliss-reactive ketones (excluding diaryl/α,β-unsaturated/α-hetero) is 1. The van der Waals surface area contributed by atoms with Gasteiger partial charge in [-0.15, -0.1) is 0 Å². The Kier molecular flexibility index (Phi) is 3.92. The first kappa shape index (κ1) is 12.3. The van der Waals surface area contributed by atoms with Crippen LogP contribution in [0.4, 0.5) is 0 Å². The molecule has 0 aromatic heterocycles. The number of benzene rings is 1. The predicted octanol–water partition coefficient (Wildman–Crippen LogP) is 1.90. The standard InChI is InChI=1S/C14H19NO2/c1-11-3-5-13(6-4-11)14(16)12(2)15-7-9-17-10-8-15/h3-6,12H,7-10H2,1-2H3. The Hall–Kier alpha value is -1.19. The summed E-state index contributed by atoms with van der Waals surface area (Å²) in [6.07, 6.45) is 0. The van der Waals surface area contributed by atoms with Gasteiger partial charge in [0.25, 0.3) is 0 Å². The fraction of sp³-hybridized carbons (Fsp3) is 0.500. The van der Waals surface area contributed by atoms with Gasteiger partial charge < -0.3 is 4.74 Å². The largest absolute Gasteiger partial charge is 0.379 e. The van der Waals surface area contributed by atoms with Gasteiger partial charge in [-0.2, -0.15) is 0 Å². The van der Waals surface area contributed by atoms with Crippen molar-refractivity contribution in [2.75, 3.05) is 26.3 Å². The van der Waals surface area contributed by atoms with Crippen LogP contribution in [0, 0.1) is 6.92 Å². The summed E-state index contributed by atoms with van der Waals surface area (Å²) >= 11 is 0. The van der Waals surface area contributed by atoms with Crippen molar-refractivity contribution in [2.24, 2.45) is 0 Å². The molecule has 1 heterocycles. The van der Waals surface area contributed by atoms with E-state index in [-0.39, 0.29) is 11.8 Å². The van der Waals surface area contributed by atoms with E-state index in [0.717, 1.165) is 31.9 Å². The monoisotopic (exact) mass is 233 g/mol. The first-order chi connectivity index (χ1) is 8.18. The Morgan fingerprint density at radius 2 is 1.82 bits per heavy atom. The van der Waals surface area contributed by atoms with Crippen LogP contribution in [0.15, 0.2) is 24.3 Å². The molecule has 1 saturated heterocycles. The van der Waals surface area contributed by atoms with Crippen LogP contribution in [0.2, 0.25) is 0 Å². The summed E-state index contributed by atoms with van der Waals surface area (Å²) in [5, 5.41) is 0. The van der Waals surface area contributed by atoms with Crippen molar-refractivity contribution in [3.8, 4) is 0 Å².